The highest BCUT2D eigenvalue weighted by atomic mass is 35.5. The van der Waals surface area contributed by atoms with Gasteiger partial charge in [-0.2, -0.15) is 0 Å². The molecule has 0 heterocycles. The fourth-order valence-electron chi connectivity index (χ4n) is 0.511. The second-order valence-corrected chi connectivity index (χ2v) is 2.64. The predicted octanol–water partition coefficient (Wildman–Crippen LogP) is 3.65. The topological polar surface area (TPSA) is 0 Å². The van der Waals surface area contributed by atoms with Crippen LogP contribution < -0.4 is 0 Å². The minimum Gasteiger partial charge on any atom is -0.103 e. The summed E-state index contributed by atoms with van der Waals surface area (Å²) in [6.07, 6.45) is 9.90. The molecule has 0 radical (unpaired) electrons. The van der Waals surface area contributed by atoms with Crippen LogP contribution >= 0.6 is 11.6 Å². The Hall–Kier alpha value is -0.490. The van der Waals surface area contributed by atoms with E-state index in [1.165, 1.54) is 0 Å². The van der Waals surface area contributed by atoms with Gasteiger partial charge in [0.2, 0.25) is 0 Å². The van der Waals surface area contributed by atoms with Gasteiger partial charge in [-0.25, -0.2) is 0 Å². The first-order valence-electron chi connectivity index (χ1n) is 3.37. The lowest BCUT2D eigenvalue weighted by molar-refractivity contribution is 1.06. The second kappa shape index (κ2) is 6.63. The molecular weight excluding hydrogens is 144 g/mol. The Morgan fingerprint density at radius 3 is 2.70 bits per heavy atom. The average Bonchev–Trinajstić information content (AvgIpc) is 1.87. The Bertz CT molecular complexity index is 139. The van der Waals surface area contributed by atoms with Crippen molar-refractivity contribution in [3.8, 4) is 0 Å². The predicted molar refractivity (Wildman–Crippen MR) is 48.2 cm³/mol. The Morgan fingerprint density at radius 2 is 2.20 bits per heavy atom. The van der Waals surface area contributed by atoms with E-state index in [1.54, 1.807) is 0 Å². The zero-order valence-corrected chi connectivity index (χ0v) is 7.06. The van der Waals surface area contributed by atoms with Crippen LogP contribution in [0.3, 0.4) is 0 Å². The summed E-state index contributed by atoms with van der Waals surface area (Å²) >= 11 is 5.58. The molecule has 0 rings (SSSR count). The maximum Gasteiger partial charge on any atom is 0.0149 e. The largest absolute Gasteiger partial charge is 0.103 e. The molecule has 56 valence electrons. The van der Waals surface area contributed by atoms with Gasteiger partial charge in [-0.1, -0.05) is 29.8 Å². The molecule has 0 spiro atoms. The van der Waals surface area contributed by atoms with Gasteiger partial charge in [-0.15, -0.1) is 6.58 Å². The van der Waals surface area contributed by atoms with Crippen molar-refractivity contribution in [2.45, 2.75) is 19.8 Å². The minimum atomic E-state index is 0.815. The van der Waals surface area contributed by atoms with Crippen LogP contribution in [0.1, 0.15) is 19.8 Å². The van der Waals surface area contributed by atoms with Crippen LogP contribution in [0.15, 0.2) is 35.9 Å². The second-order valence-electron chi connectivity index (χ2n) is 2.05. The van der Waals surface area contributed by atoms with E-state index in [-0.39, 0.29) is 0 Å². The van der Waals surface area contributed by atoms with Crippen molar-refractivity contribution in [3.05, 3.63) is 35.9 Å². The third kappa shape index (κ3) is 7.51. The molecule has 0 amide bonds. The SMILES string of the molecule is C=CCC/C=C\C=C(/C)Cl. The molecule has 0 aromatic carbocycles. The van der Waals surface area contributed by atoms with Crippen LogP contribution in [0.4, 0.5) is 0 Å². The van der Waals surface area contributed by atoms with Gasteiger partial charge < -0.3 is 0 Å². The van der Waals surface area contributed by atoms with Crippen LogP contribution in [-0.2, 0) is 0 Å². The van der Waals surface area contributed by atoms with Gasteiger partial charge in [0.25, 0.3) is 0 Å². The van der Waals surface area contributed by atoms with Gasteiger partial charge >= 0.3 is 0 Å². The number of halogens is 1. The van der Waals surface area contributed by atoms with Crippen LogP contribution in [0.25, 0.3) is 0 Å². The first-order chi connectivity index (χ1) is 4.77. The summed E-state index contributed by atoms with van der Waals surface area (Å²) in [4.78, 5) is 0. The fraction of sp³-hybridized carbons (Fsp3) is 0.333. The maximum atomic E-state index is 5.58. The molecule has 0 aromatic heterocycles. The van der Waals surface area contributed by atoms with Gasteiger partial charge in [0.15, 0.2) is 0 Å². The van der Waals surface area contributed by atoms with E-state index in [1.807, 2.05) is 25.2 Å². The van der Waals surface area contributed by atoms with Gasteiger partial charge in [0.05, 0.1) is 0 Å². The van der Waals surface area contributed by atoms with Crippen molar-refractivity contribution in [2.24, 2.45) is 0 Å². The van der Waals surface area contributed by atoms with Gasteiger partial charge in [-0.3, -0.25) is 0 Å². The summed E-state index contributed by atoms with van der Waals surface area (Å²) in [6.45, 7) is 5.48. The molecule has 0 aromatic rings. The fourth-order valence-corrected chi connectivity index (χ4v) is 0.584. The van der Waals surface area contributed by atoms with E-state index in [0.29, 0.717) is 0 Å². The van der Waals surface area contributed by atoms with E-state index in [9.17, 15) is 0 Å². The lowest BCUT2D eigenvalue weighted by atomic mass is 10.3. The molecule has 0 aliphatic carbocycles. The quantitative estimate of drug-likeness (QED) is 0.331. The van der Waals surface area contributed by atoms with Crippen LogP contribution in [-0.4, -0.2) is 0 Å². The highest BCUT2D eigenvalue weighted by Gasteiger charge is 1.74. The molecule has 0 atom stereocenters. The zero-order chi connectivity index (χ0) is 7.82. The van der Waals surface area contributed by atoms with E-state index >= 15 is 0 Å². The van der Waals surface area contributed by atoms with Crippen LogP contribution in [0.2, 0.25) is 0 Å². The molecule has 0 bridgehead atoms. The number of hydrogen-bond acceptors (Lipinski definition) is 0. The maximum absolute atomic E-state index is 5.58. The number of unbranched alkanes of at least 4 members (excludes halogenated alkanes) is 1. The van der Waals surface area contributed by atoms with Gasteiger partial charge in [-0.05, 0) is 25.8 Å². The van der Waals surface area contributed by atoms with Gasteiger partial charge in [0, 0.05) is 5.03 Å². The Balaban J connectivity index is 3.37. The molecule has 0 saturated heterocycles. The van der Waals surface area contributed by atoms with Crippen molar-refractivity contribution >= 4 is 11.6 Å². The lowest BCUT2D eigenvalue weighted by Gasteiger charge is -1.82. The molecule has 1 heteroatoms. The van der Waals surface area contributed by atoms with Crippen molar-refractivity contribution < 1.29 is 0 Å². The molecule has 0 unspecified atom stereocenters. The monoisotopic (exact) mass is 156 g/mol. The molecule has 0 nitrogen and oxygen atoms in total. The Morgan fingerprint density at radius 1 is 1.50 bits per heavy atom. The van der Waals surface area contributed by atoms with E-state index in [4.69, 9.17) is 11.6 Å². The van der Waals surface area contributed by atoms with Crippen molar-refractivity contribution in [1.82, 2.24) is 0 Å². The van der Waals surface area contributed by atoms with Crippen molar-refractivity contribution in [1.29, 1.82) is 0 Å². The zero-order valence-electron chi connectivity index (χ0n) is 6.31. The Kier molecular flexibility index (Phi) is 6.30. The summed E-state index contributed by atoms with van der Waals surface area (Å²) in [5, 5.41) is 0.815. The Labute approximate surface area is 67.9 Å². The first-order valence-corrected chi connectivity index (χ1v) is 3.75. The summed E-state index contributed by atoms with van der Waals surface area (Å²) < 4.78 is 0. The van der Waals surface area contributed by atoms with E-state index in [0.717, 1.165) is 17.9 Å². The first kappa shape index (κ1) is 9.51. The molecule has 0 aliphatic heterocycles. The molecule has 10 heavy (non-hydrogen) atoms. The summed E-state index contributed by atoms with van der Waals surface area (Å²) in [7, 11) is 0. The van der Waals surface area contributed by atoms with Crippen LogP contribution in [0.5, 0.6) is 0 Å². The average molecular weight is 157 g/mol. The summed E-state index contributed by atoms with van der Waals surface area (Å²) in [5.74, 6) is 0. The number of allylic oxidation sites excluding steroid dienone is 5. The van der Waals surface area contributed by atoms with Crippen molar-refractivity contribution in [2.75, 3.05) is 0 Å². The molecule has 0 saturated carbocycles. The van der Waals surface area contributed by atoms with Gasteiger partial charge in [0.1, 0.15) is 0 Å². The molecular formula is C9H13Cl. The summed E-state index contributed by atoms with van der Waals surface area (Å²) in [6, 6.07) is 0. The third-order valence-corrected chi connectivity index (χ3v) is 1.13. The highest BCUT2D eigenvalue weighted by molar-refractivity contribution is 6.29. The van der Waals surface area contributed by atoms with E-state index < -0.39 is 0 Å². The van der Waals surface area contributed by atoms with E-state index in [2.05, 4.69) is 12.7 Å². The number of rotatable bonds is 4. The highest BCUT2D eigenvalue weighted by Crippen LogP contribution is 1.98. The third-order valence-electron chi connectivity index (χ3n) is 0.999. The number of hydrogen-bond donors (Lipinski definition) is 0. The minimum absolute atomic E-state index is 0.815. The van der Waals surface area contributed by atoms with Crippen LogP contribution in [0, 0.1) is 0 Å². The standard InChI is InChI=1S/C9H13Cl/c1-3-4-5-6-7-8-9(2)10/h3,6-8H,1,4-5H2,2H3/b7-6-,9-8+. The lowest BCUT2D eigenvalue weighted by Crippen LogP contribution is -1.61. The molecule has 0 N–H and O–H groups in total. The van der Waals surface area contributed by atoms with Crippen molar-refractivity contribution in [3.63, 3.8) is 0 Å². The summed E-state index contributed by atoms with van der Waals surface area (Å²) in [5.41, 5.74) is 0. The molecule has 0 fully saturated rings. The smallest absolute Gasteiger partial charge is 0.0149 e. The molecule has 0 aliphatic rings. The normalized spacial score (nSPS) is 12.4.